The predicted octanol–water partition coefficient (Wildman–Crippen LogP) is 1.86. The van der Waals surface area contributed by atoms with E-state index in [0.29, 0.717) is 6.61 Å². The van der Waals surface area contributed by atoms with Crippen molar-refractivity contribution < 1.29 is 14.3 Å². The smallest absolute Gasteiger partial charge is 0.338 e. The maximum atomic E-state index is 11.4. The predicted molar refractivity (Wildman–Crippen MR) is 55.3 cm³/mol. The van der Waals surface area contributed by atoms with E-state index in [1.165, 1.54) is 0 Å². The molecule has 3 heteroatoms. The van der Waals surface area contributed by atoms with Gasteiger partial charge in [-0.25, -0.2) is 4.79 Å². The van der Waals surface area contributed by atoms with E-state index < -0.39 is 11.7 Å². The minimum atomic E-state index is -0.493. The van der Waals surface area contributed by atoms with Gasteiger partial charge in [0, 0.05) is 0 Å². The molecule has 2 rings (SSSR count). The summed E-state index contributed by atoms with van der Waals surface area (Å²) in [6, 6.07) is 9.72. The third-order valence-corrected chi connectivity index (χ3v) is 2.65. The van der Waals surface area contributed by atoms with Gasteiger partial charge in [-0.3, -0.25) is 0 Å². The highest BCUT2D eigenvalue weighted by atomic mass is 16.7. The number of carbonyl (C=O) groups is 1. The van der Waals surface area contributed by atoms with Gasteiger partial charge in [0.1, 0.15) is 5.60 Å². The molecule has 0 unspecified atom stereocenters. The molecule has 1 aromatic rings. The van der Waals surface area contributed by atoms with E-state index in [-0.39, 0.29) is 5.97 Å². The van der Waals surface area contributed by atoms with Gasteiger partial charge in [-0.1, -0.05) is 30.3 Å². The Labute approximate surface area is 89.0 Å². The first kappa shape index (κ1) is 10.2. The number of hydrogen-bond acceptors (Lipinski definition) is 3. The van der Waals surface area contributed by atoms with Gasteiger partial charge in [0.25, 0.3) is 0 Å². The van der Waals surface area contributed by atoms with Crippen LogP contribution in [0.4, 0.5) is 0 Å². The molecular weight excluding hydrogens is 192 g/mol. The summed E-state index contributed by atoms with van der Waals surface area (Å²) in [6.07, 6.45) is -0.445. The summed E-state index contributed by atoms with van der Waals surface area (Å²) < 4.78 is 10.3. The van der Waals surface area contributed by atoms with Crippen molar-refractivity contribution >= 4 is 5.97 Å². The molecule has 0 aliphatic carbocycles. The number of epoxide rings is 1. The topological polar surface area (TPSA) is 38.8 Å². The summed E-state index contributed by atoms with van der Waals surface area (Å²) in [5.41, 5.74) is 0.524. The van der Waals surface area contributed by atoms with E-state index in [1.54, 1.807) is 6.92 Å². The van der Waals surface area contributed by atoms with Crippen LogP contribution in [0.15, 0.2) is 30.3 Å². The first-order valence-corrected chi connectivity index (χ1v) is 5.08. The summed E-state index contributed by atoms with van der Waals surface area (Å²) in [5, 5.41) is 0. The van der Waals surface area contributed by atoms with Gasteiger partial charge >= 0.3 is 5.97 Å². The fraction of sp³-hybridized carbons (Fsp3) is 0.417. The van der Waals surface area contributed by atoms with E-state index in [0.717, 1.165) is 5.56 Å². The zero-order valence-corrected chi connectivity index (χ0v) is 8.90. The fourth-order valence-electron chi connectivity index (χ4n) is 1.69. The Balaban J connectivity index is 2.10. The molecule has 1 saturated heterocycles. The van der Waals surface area contributed by atoms with Crippen LogP contribution in [0.3, 0.4) is 0 Å². The number of esters is 1. The highest BCUT2D eigenvalue weighted by Crippen LogP contribution is 2.46. The Hall–Kier alpha value is -1.35. The van der Waals surface area contributed by atoms with Crippen molar-refractivity contribution in [3.8, 4) is 0 Å². The monoisotopic (exact) mass is 206 g/mol. The summed E-state index contributed by atoms with van der Waals surface area (Å²) >= 11 is 0. The van der Waals surface area contributed by atoms with Crippen molar-refractivity contribution in [1.29, 1.82) is 0 Å². The van der Waals surface area contributed by atoms with Crippen LogP contribution in [0.1, 0.15) is 19.4 Å². The van der Waals surface area contributed by atoms with Gasteiger partial charge in [0.15, 0.2) is 6.10 Å². The van der Waals surface area contributed by atoms with E-state index in [9.17, 15) is 4.79 Å². The molecule has 1 fully saturated rings. The minimum Gasteiger partial charge on any atom is -0.464 e. The molecule has 0 aromatic heterocycles. The maximum Gasteiger partial charge on any atom is 0.338 e. The van der Waals surface area contributed by atoms with Crippen LogP contribution < -0.4 is 0 Å². The van der Waals surface area contributed by atoms with Crippen LogP contribution in [0, 0.1) is 0 Å². The van der Waals surface area contributed by atoms with Crippen molar-refractivity contribution in [3.05, 3.63) is 35.9 Å². The van der Waals surface area contributed by atoms with Crippen molar-refractivity contribution in [2.45, 2.75) is 25.6 Å². The number of ether oxygens (including phenoxy) is 2. The third kappa shape index (κ3) is 1.75. The Bertz CT molecular complexity index is 360. The number of hydrogen-bond donors (Lipinski definition) is 0. The Kier molecular flexibility index (Phi) is 2.49. The molecule has 0 saturated carbocycles. The average molecular weight is 206 g/mol. The van der Waals surface area contributed by atoms with E-state index in [4.69, 9.17) is 9.47 Å². The molecule has 0 bridgehead atoms. The van der Waals surface area contributed by atoms with Crippen LogP contribution >= 0.6 is 0 Å². The maximum absolute atomic E-state index is 11.4. The first-order valence-electron chi connectivity index (χ1n) is 5.08. The highest BCUT2D eigenvalue weighted by Gasteiger charge is 2.59. The van der Waals surface area contributed by atoms with Crippen molar-refractivity contribution in [3.63, 3.8) is 0 Å². The molecule has 80 valence electrons. The van der Waals surface area contributed by atoms with Crippen molar-refractivity contribution in [1.82, 2.24) is 0 Å². The first-order chi connectivity index (χ1) is 7.18. The van der Waals surface area contributed by atoms with Gasteiger partial charge < -0.3 is 9.47 Å². The number of benzene rings is 1. The Morgan fingerprint density at radius 3 is 2.73 bits per heavy atom. The summed E-state index contributed by atoms with van der Waals surface area (Å²) in [6.45, 7) is 4.09. The van der Waals surface area contributed by atoms with Gasteiger partial charge in [-0.05, 0) is 19.4 Å². The molecule has 1 aliphatic rings. The zero-order valence-electron chi connectivity index (χ0n) is 8.90. The van der Waals surface area contributed by atoms with Crippen LogP contribution in [0.25, 0.3) is 0 Å². The normalized spacial score (nSPS) is 28.5. The molecule has 2 atom stereocenters. The van der Waals surface area contributed by atoms with E-state index >= 15 is 0 Å². The van der Waals surface area contributed by atoms with Gasteiger partial charge in [-0.2, -0.15) is 0 Å². The summed E-state index contributed by atoms with van der Waals surface area (Å²) in [7, 11) is 0. The summed E-state index contributed by atoms with van der Waals surface area (Å²) in [4.78, 5) is 11.4. The van der Waals surface area contributed by atoms with Gasteiger partial charge in [0.05, 0.1) is 6.61 Å². The van der Waals surface area contributed by atoms with Crippen LogP contribution in [-0.2, 0) is 19.9 Å². The molecule has 0 radical (unpaired) electrons. The second kappa shape index (κ2) is 3.66. The lowest BCUT2D eigenvalue weighted by Gasteiger charge is -2.05. The van der Waals surface area contributed by atoms with Crippen molar-refractivity contribution in [2.75, 3.05) is 6.61 Å². The second-order valence-corrected chi connectivity index (χ2v) is 3.72. The van der Waals surface area contributed by atoms with E-state index in [1.807, 2.05) is 37.3 Å². The summed E-state index contributed by atoms with van der Waals surface area (Å²) in [5.74, 6) is -0.274. The van der Waals surface area contributed by atoms with Crippen LogP contribution in [0.5, 0.6) is 0 Å². The average Bonchev–Trinajstić information content (AvgIpc) is 2.94. The molecule has 1 aromatic carbocycles. The lowest BCUT2D eigenvalue weighted by molar-refractivity contribution is -0.144. The fourth-order valence-corrected chi connectivity index (χ4v) is 1.69. The van der Waals surface area contributed by atoms with E-state index in [2.05, 4.69) is 0 Å². The standard InChI is InChI=1S/C12H14O3/c1-3-14-11(13)10-12(2,15-10)9-7-5-4-6-8-9/h4-8,10H,3H2,1-2H3/t10-,12+/m0/s1. The Morgan fingerprint density at radius 1 is 1.47 bits per heavy atom. The molecule has 0 spiro atoms. The van der Waals surface area contributed by atoms with Gasteiger partial charge in [0.2, 0.25) is 0 Å². The zero-order chi connectivity index (χ0) is 10.9. The van der Waals surface area contributed by atoms with Gasteiger partial charge in [-0.15, -0.1) is 0 Å². The lowest BCUT2D eigenvalue weighted by Crippen LogP contribution is -2.18. The number of rotatable bonds is 3. The molecule has 1 heterocycles. The molecule has 15 heavy (non-hydrogen) atoms. The molecule has 0 amide bonds. The Morgan fingerprint density at radius 2 is 2.13 bits per heavy atom. The molecule has 1 aliphatic heterocycles. The third-order valence-electron chi connectivity index (χ3n) is 2.65. The highest BCUT2D eigenvalue weighted by molar-refractivity contribution is 5.79. The van der Waals surface area contributed by atoms with Crippen molar-refractivity contribution in [2.24, 2.45) is 0 Å². The molecule has 3 nitrogen and oxygen atoms in total. The molecular formula is C12H14O3. The minimum absolute atomic E-state index is 0.274. The molecule has 0 N–H and O–H groups in total. The largest absolute Gasteiger partial charge is 0.464 e. The second-order valence-electron chi connectivity index (χ2n) is 3.72. The SMILES string of the molecule is CCOC(=O)[C@@H]1O[C@]1(C)c1ccccc1. The number of carbonyl (C=O) groups excluding carboxylic acids is 1. The quantitative estimate of drug-likeness (QED) is 0.559. The van der Waals surface area contributed by atoms with Crippen LogP contribution in [-0.4, -0.2) is 18.7 Å². The lowest BCUT2D eigenvalue weighted by atomic mass is 9.97. The van der Waals surface area contributed by atoms with Crippen LogP contribution in [0.2, 0.25) is 0 Å².